The van der Waals surface area contributed by atoms with E-state index in [9.17, 15) is 8.42 Å². The fraction of sp³-hybridized carbons (Fsp3) is 0.731. The highest BCUT2D eigenvalue weighted by molar-refractivity contribution is 7.85. The summed E-state index contributed by atoms with van der Waals surface area (Å²) in [6.45, 7) is 22.6. The van der Waals surface area contributed by atoms with Crippen LogP contribution in [0.3, 0.4) is 0 Å². The molecule has 0 aliphatic carbocycles. The van der Waals surface area contributed by atoms with Gasteiger partial charge in [0.15, 0.2) is 16.6 Å². The zero-order chi connectivity index (χ0) is 27.6. The van der Waals surface area contributed by atoms with Crippen LogP contribution in [-0.4, -0.2) is 68.7 Å². The van der Waals surface area contributed by atoms with Gasteiger partial charge >= 0.3 is 0 Å². The average Bonchev–Trinajstić information content (AvgIpc) is 2.71. The molecule has 0 radical (unpaired) electrons. The lowest BCUT2D eigenvalue weighted by molar-refractivity contribution is -0.0132. The molecule has 0 N–H and O–H groups in total. The van der Waals surface area contributed by atoms with Crippen LogP contribution < -0.4 is 0 Å². The Bertz CT molecular complexity index is 998. The fourth-order valence-corrected chi connectivity index (χ4v) is 6.05. The van der Waals surface area contributed by atoms with Gasteiger partial charge in [0.2, 0.25) is 5.90 Å². The Morgan fingerprint density at radius 3 is 2.00 bits per heavy atom. The van der Waals surface area contributed by atoms with Crippen molar-refractivity contribution in [3.63, 3.8) is 0 Å². The first kappa shape index (κ1) is 31.2. The maximum Gasteiger partial charge on any atom is 0.264 e. The van der Waals surface area contributed by atoms with E-state index in [0.29, 0.717) is 18.9 Å². The maximum absolute atomic E-state index is 11.6. The van der Waals surface area contributed by atoms with Gasteiger partial charge in [-0.1, -0.05) is 59.7 Å². The predicted octanol–water partition coefficient (Wildman–Crippen LogP) is 5.98. The second kappa shape index (κ2) is 11.4. The molecule has 0 bridgehead atoms. The van der Waals surface area contributed by atoms with E-state index in [1.165, 1.54) is 0 Å². The van der Waals surface area contributed by atoms with Crippen molar-refractivity contribution in [2.24, 2.45) is 4.99 Å². The number of nitrogens with zero attached hydrogens (tertiary/aromatic N) is 1. The number of ether oxygens (including phenoxy) is 1. The molecule has 0 amide bonds. The predicted molar refractivity (Wildman–Crippen MR) is 152 cm³/mol. The van der Waals surface area contributed by atoms with Crippen LogP contribution in [0.1, 0.15) is 53.5 Å². The Hall–Kier alpha value is -1.05. The van der Waals surface area contributed by atoms with Crippen LogP contribution in [0.15, 0.2) is 35.3 Å². The van der Waals surface area contributed by atoms with Crippen molar-refractivity contribution >= 4 is 32.7 Å². The summed E-state index contributed by atoms with van der Waals surface area (Å²) in [4.78, 5) is 5.02. The van der Waals surface area contributed by atoms with Crippen molar-refractivity contribution < 1.29 is 26.2 Å². The van der Waals surface area contributed by atoms with Gasteiger partial charge in [-0.15, -0.1) is 0 Å². The molecule has 36 heavy (non-hydrogen) atoms. The minimum absolute atomic E-state index is 0.0126. The summed E-state index contributed by atoms with van der Waals surface area (Å²) in [7, 11) is -7.83. The molecule has 3 atom stereocenters. The van der Waals surface area contributed by atoms with Gasteiger partial charge in [-0.25, -0.2) is 4.99 Å². The minimum Gasteiger partial charge on any atom is -0.471 e. The Morgan fingerprint density at radius 1 is 0.944 bits per heavy atom. The van der Waals surface area contributed by atoms with Gasteiger partial charge in [0.25, 0.3) is 10.1 Å². The zero-order valence-electron chi connectivity index (χ0n) is 24.0. The van der Waals surface area contributed by atoms with E-state index in [0.717, 1.165) is 11.8 Å². The smallest absolute Gasteiger partial charge is 0.264 e. The standard InChI is InChI=1S/C26H47NO6SSi2/c1-25(2,3)35(8,9)31-19-21-23(33-36(10,11)26(4,5)6)22(17-18-30-34(7,28)29)32-24(27-21)20-15-13-12-14-16-20/h12-16,21-23H,17-19H2,1-11H3/t21-,22-,23-/m1/s1. The lowest BCUT2D eigenvalue weighted by atomic mass is 10.0. The molecule has 1 heterocycles. The Morgan fingerprint density at radius 2 is 1.50 bits per heavy atom. The van der Waals surface area contributed by atoms with Gasteiger partial charge in [-0.2, -0.15) is 8.42 Å². The maximum atomic E-state index is 11.6. The highest BCUT2D eigenvalue weighted by Gasteiger charge is 2.47. The molecule has 206 valence electrons. The van der Waals surface area contributed by atoms with E-state index < -0.39 is 32.9 Å². The van der Waals surface area contributed by atoms with Gasteiger partial charge in [-0.3, -0.25) is 4.18 Å². The molecule has 0 fully saturated rings. The summed E-state index contributed by atoms with van der Waals surface area (Å²) in [6, 6.07) is 9.48. The molecule has 1 aliphatic heterocycles. The van der Waals surface area contributed by atoms with E-state index in [1.807, 2.05) is 30.3 Å². The molecule has 0 aromatic heterocycles. The monoisotopic (exact) mass is 557 g/mol. The Kier molecular flexibility index (Phi) is 9.84. The minimum atomic E-state index is -3.56. The quantitative estimate of drug-likeness (QED) is 0.260. The largest absolute Gasteiger partial charge is 0.471 e. The average molecular weight is 558 g/mol. The molecular formula is C26H47NO6SSi2. The van der Waals surface area contributed by atoms with Crippen molar-refractivity contribution in [2.75, 3.05) is 19.5 Å². The van der Waals surface area contributed by atoms with Crippen molar-refractivity contribution in [3.05, 3.63) is 35.9 Å². The van der Waals surface area contributed by atoms with Crippen molar-refractivity contribution in [1.29, 1.82) is 0 Å². The first-order valence-corrected chi connectivity index (χ1v) is 20.3. The van der Waals surface area contributed by atoms with E-state index in [-0.39, 0.29) is 28.8 Å². The molecule has 1 aromatic rings. The zero-order valence-corrected chi connectivity index (χ0v) is 26.9. The summed E-state index contributed by atoms with van der Waals surface area (Å²) in [5.74, 6) is 0.527. The summed E-state index contributed by atoms with van der Waals surface area (Å²) in [6.07, 6.45) is 0.604. The summed E-state index contributed by atoms with van der Waals surface area (Å²) >= 11 is 0. The highest BCUT2D eigenvalue weighted by atomic mass is 32.2. The summed E-state index contributed by atoms with van der Waals surface area (Å²) < 4.78 is 48.4. The second-order valence-corrected chi connectivity index (χ2v) is 24.0. The molecule has 0 saturated carbocycles. The molecule has 0 spiro atoms. The topological polar surface area (TPSA) is 83.4 Å². The molecule has 0 saturated heterocycles. The van der Waals surface area contributed by atoms with Crippen LogP contribution in [0.5, 0.6) is 0 Å². The number of rotatable bonds is 10. The summed E-state index contributed by atoms with van der Waals surface area (Å²) in [5.41, 5.74) is 0.870. The number of hydrogen-bond acceptors (Lipinski definition) is 7. The van der Waals surface area contributed by atoms with E-state index >= 15 is 0 Å². The third-order valence-electron chi connectivity index (χ3n) is 7.67. The first-order chi connectivity index (χ1) is 16.2. The first-order valence-electron chi connectivity index (χ1n) is 12.7. The van der Waals surface area contributed by atoms with Crippen molar-refractivity contribution in [3.8, 4) is 0 Å². The van der Waals surface area contributed by atoms with E-state index in [2.05, 4.69) is 67.7 Å². The van der Waals surface area contributed by atoms with E-state index in [4.69, 9.17) is 22.8 Å². The van der Waals surface area contributed by atoms with Gasteiger partial charge in [0.1, 0.15) is 18.2 Å². The molecular weight excluding hydrogens is 511 g/mol. The highest BCUT2D eigenvalue weighted by Crippen LogP contribution is 2.40. The number of hydrogen-bond donors (Lipinski definition) is 0. The molecule has 7 nitrogen and oxygen atoms in total. The SMILES string of the molecule is CC(C)(C)[Si](C)(C)OC[C@H]1N=C(c2ccccc2)O[C@H](CCOS(C)(=O)=O)[C@@H]1O[Si](C)(C)C(C)(C)C. The summed E-state index contributed by atoms with van der Waals surface area (Å²) in [5, 5.41) is 0.0394. The van der Waals surface area contributed by atoms with Crippen LogP contribution in [0.25, 0.3) is 0 Å². The van der Waals surface area contributed by atoms with Gasteiger partial charge in [0.05, 0.1) is 19.5 Å². The van der Waals surface area contributed by atoms with Crippen LogP contribution in [0.4, 0.5) is 0 Å². The van der Waals surface area contributed by atoms with Gasteiger partial charge < -0.3 is 13.6 Å². The van der Waals surface area contributed by atoms with Crippen LogP contribution >= 0.6 is 0 Å². The second-order valence-electron chi connectivity index (χ2n) is 12.8. The van der Waals surface area contributed by atoms with Gasteiger partial charge in [-0.05, 0) is 48.4 Å². The van der Waals surface area contributed by atoms with Gasteiger partial charge in [0, 0.05) is 12.0 Å². The van der Waals surface area contributed by atoms with E-state index in [1.54, 1.807) is 0 Å². The lowest BCUT2D eigenvalue weighted by Gasteiger charge is -2.45. The lowest BCUT2D eigenvalue weighted by Crippen LogP contribution is -2.56. The Balaban J connectivity index is 2.48. The van der Waals surface area contributed by atoms with Crippen molar-refractivity contribution in [1.82, 2.24) is 0 Å². The Labute approximate surface area is 221 Å². The molecule has 10 heteroatoms. The van der Waals surface area contributed by atoms with Crippen LogP contribution in [0.2, 0.25) is 36.3 Å². The third-order valence-corrected chi connectivity index (χ3v) is 17.2. The number of aliphatic imine (C=N–C) groups is 1. The van der Waals surface area contributed by atoms with Crippen LogP contribution in [-0.2, 0) is 27.9 Å². The normalized spacial score (nSPS) is 22.2. The molecule has 0 unspecified atom stereocenters. The fourth-order valence-electron chi connectivity index (χ4n) is 3.29. The number of benzene rings is 1. The molecule has 1 aromatic carbocycles. The van der Waals surface area contributed by atoms with Crippen molar-refractivity contribution in [2.45, 2.75) is 102 Å². The molecule has 1 aliphatic rings. The third kappa shape index (κ3) is 8.49. The van der Waals surface area contributed by atoms with Crippen LogP contribution in [0, 0.1) is 0 Å². The molecule has 2 rings (SSSR count).